The van der Waals surface area contributed by atoms with Gasteiger partial charge in [-0.1, -0.05) is 19.9 Å². The second-order valence-electron chi connectivity index (χ2n) is 5.14. The summed E-state index contributed by atoms with van der Waals surface area (Å²) in [6, 6.07) is 4.35. The van der Waals surface area contributed by atoms with E-state index < -0.39 is 12.5 Å². The average molecular weight is 305 g/mol. The van der Waals surface area contributed by atoms with Crippen molar-refractivity contribution < 1.29 is 23.0 Å². The Balaban J connectivity index is 3.08. The van der Waals surface area contributed by atoms with Crippen LogP contribution in [-0.4, -0.2) is 18.0 Å². The van der Waals surface area contributed by atoms with Gasteiger partial charge in [-0.2, -0.15) is 0 Å². The Labute approximate surface area is 122 Å². The molecule has 120 valence electrons. The Kier molecular flexibility index (Phi) is 6.48. The van der Waals surface area contributed by atoms with E-state index >= 15 is 0 Å². The van der Waals surface area contributed by atoms with Crippen molar-refractivity contribution in [3.63, 3.8) is 0 Å². The van der Waals surface area contributed by atoms with Crippen molar-refractivity contribution in [2.45, 2.75) is 51.5 Å². The summed E-state index contributed by atoms with van der Waals surface area (Å²) in [7, 11) is 0. The van der Waals surface area contributed by atoms with Crippen LogP contribution in [0.1, 0.15) is 56.3 Å². The lowest BCUT2D eigenvalue weighted by Gasteiger charge is -2.18. The van der Waals surface area contributed by atoms with Crippen LogP contribution >= 0.6 is 0 Å². The quantitative estimate of drug-likeness (QED) is 0.804. The molecule has 0 aliphatic rings. The van der Waals surface area contributed by atoms with Crippen LogP contribution in [0.4, 0.5) is 13.2 Å². The predicted molar refractivity (Wildman–Crippen MR) is 75.1 cm³/mol. The maximum absolute atomic E-state index is 12.4. The Hall–Kier alpha value is -1.27. The van der Waals surface area contributed by atoms with Gasteiger partial charge in [-0.25, -0.2) is 0 Å². The minimum Gasteiger partial charge on any atom is -0.406 e. The van der Waals surface area contributed by atoms with Gasteiger partial charge < -0.3 is 15.6 Å². The van der Waals surface area contributed by atoms with Gasteiger partial charge in [0.25, 0.3) is 0 Å². The smallest absolute Gasteiger partial charge is 0.406 e. The van der Waals surface area contributed by atoms with Crippen LogP contribution in [0, 0.1) is 0 Å². The molecule has 0 radical (unpaired) electrons. The van der Waals surface area contributed by atoms with Gasteiger partial charge in [0, 0.05) is 0 Å². The molecule has 1 rings (SSSR count). The van der Waals surface area contributed by atoms with Crippen molar-refractivity contribution in [1.82, 2.24) is 0 Å². The highest BCUT2D eigenvalue weighted by Crippen LogP contribution is 2.32. The molecule has 6 heteroatoms. The molecule has 2 atom stereocenters. The van der Waals surface area contributed by atoms with Crippen molar-refractivity contribution in [3.05, 3.63) is 29.3 Å². The van der Waals surface area contributed by atoms with Crippen LogP contribution in [-0.2, 0) is 0 Å². The summed E-state index contributed by atoms with van der Waals surface area (Å²) in [4.78, 5) is 0. The van der Waals surface area contributed by atoms with Crippen molar-refractivity contribution in [2.24, 2.45) is 5.73 Å². The number of hydrogen-bond donors (Lipinski definition) is 2. The van der Waals surface area contributed by atoms with Gasteiger partial charge in [0.1, 0.15) is 5.75 Å². The van der Waals surface area contributed by atoms with E-state index in [0.29, 0.717) is 24.9 Å². The van der Waals surface area contributed by atoms with Crippen molar-refractivity contribution in [2.75, 3.05) is 6.54 Å². The molecular weight excluding hydrogens is 283 g/mol. The topological polar surface area (TPSA) is 55.5 Å². The van der Waals surface area contributed by atoms with Crippen molar-refractivity contribution >= 4 is 0 Å². The predicted octanol–water partition coefficient (Wildman–Crippen LogP) is 3.87. The standard InChI is InChI=1S/C15H22F3NO2/c1-3-10(2)11-7-12(14(20)5-4-6-19)9-13(8-11)21-15(16,17)18/h7-10,14,20H,3-6,19H2,1-2H3. The van der Waals surface area contributed by atoms with Crippen LogP contribution < -0.4 is 10.5 Å². The zero-order chi connectivity index (χ0) is 16.0. The zero-order valence-corrected chi connectivity index (χ0v) is 12.3. The first kappa shape index (κ1) is 17.8. The van der Waals surface area contributed by atoms with Crippen LogP contribution in [0.2, 0.25) is 0 Å². The summed E-state index contributed by atoms with van der Waals surface area (Å²) in [6.07, 6.45) is -3.79. The SMILES string of the molecule is CCC(C)c1cc(OC(F)(F)F)cc(C(O)CCCN)c1. The molecule has 2 unspecified atom stereocenters. The molecule has 0 bridgehead atoms. The van der Waals surface area contributed by atoms with Crippen molar-refractivity contribution in [1.29, 1.82) is 0 Å². The summed E-state index contributed by atoms with van der Waals surface area (Å²) in [5.74, 6) is -0.204. The Morgan fingerprint density at radius 2 is 1.86 bits per heavy atom. The lowest BCUT2D eigenvalue weighted by atomic mass is 9.94. The molecule has 3 nitrogen and oxygen atoms in total. The van der Waals surface area contributed by atoms with Gasteiger partial charge in [0.2, 0.25) is 0 Å². The molecule has 0 saturated carbocycles. The normalized spacial score (nSPS) is 14.8. The van der Waals surface area contributed by atoms with E-state index in [1.54, 1.807) is 6.07 Å². The monoisotopic (exact) mass is 305 g/mol. The fourth-order valence-electron chi connectivity index (χ4n) is 2.03. The van der Waals surface area contributed by atoms with E-state index in [0.717, 1.165) is 12.0 Å². The number of rotatable bonds is 7. The number of aliphatic hydroxyl groups excluding tert-OH is 1. The van der Waals surface area contributed by atoms with Crippen LogP contribution in [0.5, 0.6) is 5.75 Å². The maximum atomic E-state index is 12.4. The van der Waals surface area contributed by atoms with E-state index in [1.807, 2.05) is 13.8 Å². The molecule has 0 aromatic heterocycles. The zero-order valence-electron chi connectivity index (χ0n) is 12.3. The molecule has 0 fully saturated rings. The molecule has 1 aromatic carbocycles. The van der Waals surface area contributed by atoms with Gasteiger partial charge >= 0.3 is 6.36 Å². The van der Waals surface area contributed by atoms with Gasteiger partial charge in [0.15, 0.2) is 0 Å². The lowest BCUT2D eigenvalue weighted by molar-refractivity contribution is -0.274. The van der Waals surface area contributed by atoms with E-state index in [-0.39, 0.29) is 11.7 Å². The number of hydrogen-bond acceptors (Lipinski definition) is 3. The number of ether oxygens (including phenoxy) is 1. The molecule has 0 spiro atoms. The molecule has 1 aromatic rings. The van der Waals surface area contributed by atoms with Gasteiger partial charge in [-0.05, 0) is 55.0 Å². The summed E-state index contributed by atoms with van der Waals surface area (Å²) in [5.41, 5.74) is 6.54. The largest absolute Gasteiger partial charge is 0.573 e. The van der Waals surface area contributed by atoms with Gasteiger partial charge in [0.05, 0.1) is 6.10 Å². The molecule has 0 saturated heterocycles. The molecule has 0 aliphatic heterocycles. The van der Waals surface area contributed by atoms with Gasteiger partial charge in [-0.15, -0.1) is 13.2 Å². The first-order chi connectivity index (χ1) is 9.76. The second kappa shape index (κ2) is 7.66. The first-order valence-corrected chi connectivity index (χ1v) is 7.05. The van der Waals surface area contributed by atoms with Crippen LogP contribution in [0.3, 0.4) is 0 Å². The fraction of sp³-hybridized carbons (Fsp3) is 0.600. The molecule has 21 heavy (non-hydrogen) atoms. The summed E-state index contributed by atoms with van der Waals surface area (Å²) in [6.45, 7) is 4.29. The number of nitrogens with two attached hydrogens (primary N) is 1. The number of alkyl halides is 3. The Morgan fingerprint density at radius 3 is 2.38 bits per heavy atom. The molecular formula is C15H22F3NO2. The minimum absolute atomic E-state index is 0.0854. The van der Waals surface area contributed by atoms with E-state index in [1.165, 1.54) is 12.1 Å². The van der Waals surface area contributed by atoms with E-state index in [4.69, 9.17) is 5.73 Å². The van der Waals surface area contributed by atoms with E-state index in [2.05, 4.69) is 4.74 Å². The molecule has 0 amide bonds. The molecule has 0 aliphatic carbocycles. The van der Waals surface area contributed by atoms with Crippen molar-refractivity contribution in [3.8, 4) is 5.75 Å². The van der Waals surface area contributed by atoms with Gasteiger partial charge in [-0.3, -0.25) is 0 Å². The highest BCUT2D eigenvalue weighted by Gasteiger charge is 2.31. The number of aliphatic hydroxyl groups is 1. The number of benzene rings is 1. The Bertz CT molecular complexity index is 449. The minimum atomic E-state index is -4.74. The summed E-state index contributed by atoms with van der Waals surface area (Å²) >= 11 is 0. The third-order valence-electron chi connectivity index (χ3n) is 3.43. The first-order valence-electron chi connectivity index (χ1n) is 7.05. The Morgan fingerprint density at radius 1 is 1.24 bits per heavy atom. The van der Waals surface area contributed by atoms with E-state index in [9.17, 15) is 18.3 Å². The highest BCUT2D eigenvalue weighted by atomic mass is 19.4. The second-order valence-corrected chi connectivity index (χ2v) is 5.14. The summed E-state index contributed by atoms with van der Waals surface area (Å²) < 4.78 is 41.2. The number of halogens is 3. The third kappa shape index (κ3) is 5.93. The third-order valence-corrected chi connectivity index (χ3v) is 3.43. The molecule has 0 heterocycles. The fourth-order valence-corrected chi connectivity index (χ4v) is 2.03. The lowest BCUT2D eigenvalue weighted by Crippen LogP contribution is -2.17. The highest BCUT2D eigenvalue weighted by molar-refractivity contribution is 5.37. The van der Waals surface area contributed by atoms with Crippen LogP contribution in [0.15, 0.2) is 18.2 Å². The molecule has 3 N–H and O–H groups in total. The summed E-state index contributed by atoms with van der Waals surface area (Å²) in [5, 5.41) is 10.1. The average Bonchev–Trinajstić information content (AvgIpc) is 2.41. The van der Waals surface area contributed by atoms with Crippen LogP contribution in [0.25, 0.3) is 0 Å². The maximum Gasteiger partial charge on any atom is 0.573 e.